The number of anilines is 1. The minimum atomic E-state index is -0.707. The van der Waals surface area contributed by atoms with E-state index in [9.17, 15) is 14.9 Å². The van der Waals surface area contributed by atoms with Crippen LogP contribution in [-0.2, 0) is 6.54 Å². The zero-order valence-electron chi connectivity index (χ0n) is 13.2. The maximum absolute atomic E-state index is 11.3. The monoisotopic (exact) mass is 393 g/mol. The van der Waals surface area contributed by atoms with Gasteiger partial charge in [-0.3, -0.25) is 14.9 Å². The summed E-state index contributed by atoms with van der Waals surface area (Å²) in [6, 6.07) is 9.73. The second-order valence-corrected chi connectivity index (χ2v) is 6.05. The van der Waals surface area contributed by atoms with E-state index >= 15 is 0 Å². The first-order chi connectivity index (χ1) is 11.3. The number of nitro benzene ring substituents is 1. The quantitative estimate of drug-likeness (QED) is 0.600. The summed E-state index contributed by atoms with van der Waals surface area (Å²) in [6.45, 7) is 0.388. The highest BCUT2D eigenvalue weighted by atomic mass is 79.9. The van der Waals surface area contributed by atoms with Gasteiger partial charge in [-0.1, -0.05) is 15.9 Å². The number of carbonyl (C=O) groups is 1. The Bertz CT molecular complexity index is 795. The van der Waals surface area contributed by atoms with E-state index in [2.05, 4.69) is 15.9 Å². The van der Waals surface area contributed by atoms with Crippen LogP contribution in [0, 0.1) is 10.1 Å². The van der Waals surface area contributed by atoms with Gasteiger partial charge < -0.3 is 15.4 Å². The number of carbonyl (C=O) groups excluding carboxylic acids is 1. The highest BCUT2D eigenvalue weighted by Gasteiger charge is 2.20. The van der Waals surface area contributed by atoms with Crippen molar-refractivity contribution in [1.29, 1.82) is 0 Å². The minimum Gasteiger partial charge on any atom is -0.496 e. The number of nitrogens with two attached hydrogens (primary N) is 1. The van der Waals surface area contributed by atoms with Gasteiger partial charge in [0.05, 0.1) is 12.0 Å². The maximum Gasteiger partial charge on any atom is 0.293 e. The fraction of sp³-hybridized carbons (Fsp3) is 0.188. The van der Waals surface area contributed by atoms with E-state index in [-0.39, 0.29) is 11.3 Å². The molecular weight excluding hydrogens is 378 g/mol. The molecule has 24 heavy (non-hydrogen) atoms. The van der Waals surface area contributed by atoms with Crippen molar-refractivity contribution in [3.63, 3.8) is 0 Å². The van der Waals surface area contributed by atoms with Crippen molar-refractivity contribution < 1.29 is 14.5 Å². The van der Waals surface area contributed by atoms with Crippen LogP contribution in [-0.4, -0.2) is 25.0 Å². The van der Waals surface area contributed by atoms with Crippen LogP contribution in [0.2, 0.25) is 0 Å². The minimum absolute atomic E-state index is 0.0962. The number of hydrogen-bond donors (Lipinski definition) is 1. The number of nitrogens with zero attached hydrogens (tertiary/aromatic N) is 2. The van der Waals surface area contributed by atoms with E-state index in [4.69, 9.17) is 10.5 Å². The second-order valence-electron chi connectivity index (χ2n) is 5.14. The van der Waals surface area contributed by atoms with Crippen LogP contribution in [0.5, 0.6) is 5.75 Å². The molecule has 0 saturated heterocycles. The number of primary amides is 1. The lowest BCUT2D eigenvalue weighted by Crippen LogP contribution is -2.19. The second kappa shape index (κ2) is 7.31. The molecule has 0 fully saturated rings. The molecule has 8 heteroatoms. The van der Waals surface area contributed by atoms with Crippen LogP contribution < -0.4 is 15.4 Å². The molecular formula is C16H16BrN3O4. The Labute approximate surface area is 147 Å². The van der Waals surface area contributed by atoms with Crippen LogP contribution in [0.3, 0.4) is 0 Å². The number of benzene rings is 2. The van der Waals surface area contributed by atoms with Gasteiger partial charge in [0.1, 0.15) is 11.4 Å². The molecule has 0 unspecified atom stereocenters. The van der Waals surface area contributed by atoms with Gasteiger partial charge in [-0.25, -0.2) is 0 Å². The number of ether oxygens (including phenoxy) is 1. The van der Waals surface area contributed by atoms with E-state index in [0.29, 0.717) is 18.0 Å². The maximum atomic E-state index is 11.3. The van der Waals surface area contributed by atoms with Crippen LogP contribution >= 0.6 is 15.9 Å². The van der Waals surface area contributed by atoms with Gasteiger partial charge in [0, 0.05) is 35.3 Å². The predicted octanol–water partition coefficient (Wildman–Crippen LogP) is 3.10. The van der Waals surface area contributed by atoms with Crippen molar-refractivity contribution in [2.24, 2.45) is 5.73 Å². The molecule has 0 aliphatic heterocycles. The topological polar surface area (TPSA) is 98.7 Å². The molecule has 2 N–H and O–H groups in total. The van der Waals surface area contributed by atoms with Gasteiger partial charge in [-0.05, 0) is 30.3 Å². The zero-order chi connectivity index (χ0) is 17.9. The fourth-order valence-electron chi connectivity index (χ4n) is 2.36. The van der Waals surface area contributed by atoms with Crippen molar-refractivity contribution >= 4 is 33.2 Å². The molecule has 2 rings (SSSR count). The van der Waals surface area contributed by atoms with Gasteiger partial charge >= 0.3 is 0 Å². The summed E-state index contributed by atoms with van der Waals surface area (Å²) in [6.07, 6.45) is 0. The number of halogens is 1. The lowest BCUT2D eigenvalue weighted by Gasteiger charge is -2.21. The molecule has 0 heterocycles. The summed E-state index contributed by atoms with van der Waals surface area (Å²) in [5.74, 6) is -0.0255. The first-order valence-electron chi connectivity index (χ1n) is 6.95. The summed E-state index contributed by atoms with van der Waals surface area (Å²) in [7, 11) is 3.30. The van der Waals surface area contributed by atoms with E-state index in [1.807, 2.05) is 18.2 Å². The Morgan fingerprint density at radius 2 is 2.04 bits per heavy atom. The molecule has 0 aliphatic rings. The molecule has 0 spiro atoms. The summed E-state index contributed by atoms with van der Waals surface area (Å²) in [4.78, 5) is 23.7. The Kier molecular flexibility index (Phi) is 5.40. The molecule has 0 saturated carbocycles. The van der Waals surface area contributed by atoms with Crippen LogP contribution in [0.1, 0.15) is 15.9 Å². The van der Waals surface area contributed by atoms with E-state index in [1.54, 1.807) is 19.1 Å². The van der Waals surface area contributed by atoms with Gasteiger partial charge in [0.25, 0.3) is 5.69 Å². The SMILES string of the molecule is COc1ccc(Br)cc1CN(C)c1ccc(C(N)=O)cc1[N+](=O)[O-]. The molecule has 126 valence electrons. The normalized spacial score (nSPS) is 10.3. The summed E-state index contributed by atoms with van der Waals surface area (Å²) in [5.41, 5.74) is 6.35. The summed E-state index contributed by atoms with van der Waals surface area (Å²) in [5, 5.41) is 11.3. The van der Waals surface area contributed by atoms with Crippen molar-refractivity contribution in [2.75, 3.05) is 19.1 Å². The number of nitro groups is 1. The lowest BCUT2D eigenvalue weighted by atomic mass is 10.1. The van der Waals surface area contributed by atoms with Crippen molar-refractivity contribution in [1.82, 2.24) is 0 Å². The third-order valence-corrected chi connectivity index (χ3v) is 4.01. The first kappa shape index (κ1) is 17.7. The molecule has 1 amide bonds. The number of hydrogen-bond acceptors (Lipinski definition) is 5. The van der Waals surface area contributed by atoms with Gasteiger partial charge in [-0.15, -0.1) is 0 Å². The highest BCUT2D eigenvalue weighted by Crippen LogP contribution is 2.31. The third kappa shape index (κ3) is 3.83. The largest absolute Gasteiger partial charge is 0.496 e. The van der Waals surface area contributed by atoms with E-state index in [0.717, 1.165) is 10.0 Å². The van der Waals surface area contributed by atoms with Gasteiger partial charge in [0.2, 0.25) is 5.91 Å². The van der Waals surface area contributed by atoms with Crippen molar-refractivity contribution in [3.05, 3.63) is 62.1 Å². The molecule has 0 radical (unpaired) electrons. The Morgan fingerprint density at radius 3 is 2.62 bits per heavy atom. The molecule has 7 nitrogen and oxygen atoms in total. The summed E-state index contributed by atoms with van der Waals surface area (Å²) >= 11 is 3.40. The molecule has 0 aliphatic carbocycles. The van der Waals surface area contributed by atoms with Crippen molar-refractivity contribution in [3.8, 4) is 5.75 Å². The Balaban J connectivity index is 2.39. The van der Waals surface area contributed by atoms with Gasteiger partial charge in [0.15, 0.2) is 0 Å². The lowest BCUT2D eigenvalue weighted by molar-refractivity contribution is -0.384. The standard InChI is InChI=1S/C16H16BrN3O4/c1-19(9-11-7-12(17)4-6-15(11)24-2)13-5-3-10(16(18)21)8-14(13)20(22)23/h3-8H,9H2,1-2H3,(H2,18,21). The van der Waals surface area contributed by atoms with Crippen molar-refractivity contribution in [2.45, 2.75) is 6.54 Å². The average molecular weight is 394 g/mol. The molecule has 2 aromatic carbocycles. The fourth-order valence-corrected chi connectivity index (χ4v) is 2.77. The van der Waals surface area contributed by atoms with E-state index < -0.39 is 10.8 Å². The highest BCUT2D eigenvalue weighted by molar-refractivity contribution is 9.10. The molecule has 0 atom stereocenters. The number of amides is 1. The van der Waals surface area contributed by atoms with E-state index in [1.165, 1.54) is 18.2 Å². The molecule has 0 bridgehead atoms. The molecule has 0 aromatic heterocycles. The first-order valence-corrected chi connectivity index (χ1v) is 7.74. The summed E-state index contributed by atoms with van der Waals surface area (Å²) < 4.78 is 6.20. The van der Waals surface area contributed by atoms with Crippen LogP contribution in [0.15, 0.2) is 40.9 Å². The number of methoxy groups -OCH3 is 1. The number of rotatable bonds is 6. The Hall–Kier alpha value is -2.61. The predicted molar refractivity (Wildman–Crippen MR) is 94.4 cm³/mol. The van der Waals surface area contributed by atoms with Crippen LogP contribution in [0.4, 0.5) is 11.4 Å². The molecule has 2 aromatic rings. The van der Waals surface area contributed by atoms with Crippen LogP contribution in [0.25, 0.3) is 0 Å². The Morgan fingerprint density at radius 1 is 1.33 bits per heavy atom. The third-order valence-electron chi connectivity index (χ3n) is 3.52. The zero-order valence-corrected chi connectivity index (χ0v) is 14.7. The van der Waals surface area contributed by atoms with Gasteiger partial charge in [-0.2, -0.15) is 0 Å². The smallest absolute Gasteiger partial charge is 0.293 e. The average Bonchev–Trinajstić information content (AvgIpc) is 2.54.